The smallest absolute Gasteiger partial charge is 0.326 e. The van der Waals surface area contributed by atoms with Crippen LogP contribution in [0.4, 0.5) is 0 Å². The van der Waals surface area contributed by atoms with Crippen molar-refractivity contribution in [3.05, 3.63) is 29.8 Å². The molecule has 0 aliphatic heterocycles. The molecule has 0 aliphatic carbocycles. The van der Waals surface area contributed by atoms with Gasteiger partial charge in [0.2, 0.25) is 23.6 Å². The Kier molecular flexibility index (Phi) is 13.0. The van der Waals surface area contributed by atoms with Gasteiger partial charge in [0.25, 0.3) is 0 Å². The monoisotopic (exact) mass is 536 g/mol. The summed E-state index contributed by atoms with van der Waals surface area (Å²) in [5.41, 5.74) is 21.9. The van der Waals surface area contributed by atoms with Crippen molar-refractivity contribution in [1.29, 1.82) is 0 Å². The van der Waals surface area contributed by atoms with Crippen molar-refractivity contribution >= 4 is 35.6 Å². The van der Waals surface area contributed by atoms with Crippen molar-refractivity contribution in [2.24, 2.45) is 27.9 Å². The van der Waals surface area contributed by atoms with E-state index in [4.69, 9.17) is 22.9 Å². The summed E-state index contributed by atoms with van der Waals surface area (Å²) in [6, 6.07) is 1.01. The minimum absolute atomic E-state index is 0.00442. The first kappa shape index (κ1) is 31.6. The molecule has 1 aromatic rings. The highest BCUT2D eigenvalue weighted by molar-refractivity contribution is 5.94. The normalized spacial score (nSPS) is 13.7. The van der Waals surface area contributed by atoms with Crippen LogP contribution in [-0.2, 0) is 30.4 Å². The molecule has 1 rings (SSSR count). The minimum atomic E-state index is -1.35. The molecule has 210 valence electrons. The molecule has 15 heteroatoms. The number of benzene rings is 1. The number of nitrogens with one attached hydrogen (secondary N) is 3. The Morgan fingerprint density at radius 1 is 0.868 bits per heavy atom. The third kappa shape index (κ3) is 12.0. The van der Waals surface area contributed by atoms with E-state index in [2.05, 4.69) is 20.9 Å². The molecule has 13 N–H and O–H groups in total. The molecular weight excluding hydrogens is 500 g/mol. The van der Waals surface area contributed by atoms with Crippen LogP contribution in [0.15, 0.2) is 29.3 Å². The van der Waals surface area contributed by atoms with Gasteiger partial charge in [0.15, 0.2) is 5.96 Å². The number of rotatable bonds is 16. The number of carboxylic acid groups (broad SMARTS) is 1. The van der Waals surface area contributed by atoms with Gasteiger partial charge in [-0.1, -0.05) is 12.1 Å². The van der Waals surface area contributed by atoms with Crippen LogP contribution in [0.25, 0.3) is 0 Å². The lowest BCUT2D eigenvalue weighted by molar-refractivity contribution is -0.142. The van der Waals surface area contributed by atoms with Gasteiger partial charge in [-0.25, -0.2) is 4.79 Å². The molecule has 1 aromatic carbocycles. The largest absolute Gasteiger partial charge is 0.508 e. The van der Waals surface area contributed by atoms with Crippen molar-refractivity contribution in [3.63, 3.8) is 0 Å². The molecular formula is C23H36N8O7. The van der Waals surface area contributed by atoms with Crippen molar-refractivity contribution < 1.29 is 34.2 Å². The number of aromatic hydroxyl groups is 1. The van der Waals surface area contributed by atoms with Crippen LogP contribution in [0, 0.1) is 0 Å². The zero-order valence-corrected chi connectivity index (χ0v) is 21.1. The van der Waals surface area contributed by atoms with Crippen molar-refractivity contribution in [2.45, 2.75) is 63.2 Å². The fraction of sp³-hybridized carbons (Fsp3) is 0.478. The molecule has 0 spiro atoms. The predicted octanol–water partition coefficient (Wildman–Crippen LogP) is -2.86. The van der Waals surface area contributed by atoms with Crippen molar-refractivity contribution in [2.75, 3.05) is 6.54 Å². The molecule has 0 aromatic heterocycles. The van der Waals surface area contributed by atoms with Gasteiger partial charge in [-0.3, -0.25) is 24.2 Å². The SMILES string of the molecule is CC(N)C(=O)NC(CCC(N)=O)C(=O)NC(CCCN=C(N)N)C(=O)NC(Cc1ccc(O)cc1)C(=O)O. The van der Waals surface area contributed by atoms with Crippen LogP contribution in [0.3, 0.4) is 0 Å². The molecule has 0 heterocycles. The van der Waals surface area contributed by atoms with Gasteiger partial charge in [0.1, 0.15) is 23.9 Å². The molecule has 0 bridgehead atoms. The van der Waals surface area contributed by atoms with E-state index < -0.39 is 53.8 Å². The maximum atomic E-state index is 13.1. The lowest BCUT2D eigenvalue weighted by Gasteiger charge is -2.25. The number of hydrogen-bond donors (Lipinski definition) is 9. The summed E-state index contributed by atoms with van der Waals surface area (Å²) in [6.07, 6.45) is -0.220. The summed E-state index contributed by atoms with van der Waals surface area (Å²) in [5, 5.41) is 26.4. The third-order valence-electron chi connectivity index (χ3n) is 5.29. The Hall–Kier alpha value is -4.40. The average molecular weight is 537 g/mol. The summed E-state index contributed by atoms with van der Waals surface area (Å²) in [7, 11) is 0. The van der Waals surface area contributed by atoms with Gasteiger partial charge in [-0.15, -0.1) is 0 Å². The number of phenolic OH excluding ortho intramolecular Hbond substituents is 1. The van der Waals surface area contributed by atoms with Gasteiger partial charge in [-0.2, -0.15) is 0 Å². The van der Waals surface area contributed by atoms with Gasteiger partial charge in [0, 0.05) is 19.4 Å². The van der Waals surface area contributed by atoms with Gasteiger partial charge in [-0.05, 0) is 43.9 Å². The van der Waals surface area contributed by atoms with Gasteiger partial charge < -0.3 is 49.1 Å². The Bertz CT molecular complexity index is 1010. The molecule has 0 saturated carbocycles. The number of carbonyl (C=O) groups excluding carboxylic acids is 4. The highest BCUT2D eigenvalue weighted by Gasteiger charge is 2.30. The second-order valence-electron chi connectivity index (χ2n) is 8.63. The van der Waals surface area contributed by atoms with Gasteiger partial charge >= 0.3 is 5.97 Å². The Morgan fingerprint density at radius 3 is 1.89 bits per heavy atom. The molecule has 0 fully saturated rings. The van der Waals surface area contributed by atoms with E-state index in [0.717, 1.165) is 0 Å². The fourth-order valence-corrected chi connectivity index (χ4v) is 3.24. The summed E-state index contributed by atoms with van der Waals surface area (Å²) in [6.45, 7) is 1.53. The quantitative estimate of drug-likeness (QED) is 0.0591. The number of aliphatic imine (C=N–C) groups is 1. The zero-order valence-electron chi connectivity index (χ0n) is 21.1. The molecule has 15 nitrogen and oxygen atoms in total. The molecule has 38 heavy (non-hydrogen) atoms. The molecule has 4 atom stereocenters. The summed E-state index contributed by atoms with van der Waals surface area (Å²) < 4.78 is 0. The summed E-state index contributed by atoms with van der Waals surface area (Å²) in [4.78, 5) is 65.1. The van der Waals surface area contributed by atoms with E-state index in [0.29, 0.717) is 5.56 Å². The van der Waals surface area contributed by atoms with E-state index in [1.165, 1.54) is 31.2 Å². The molecule has 4 amide bonds. The zero-order chi connectivity index (χ0) is 28.8. The topological polar surface area (TPSA) is 278 Å². The maximum Gasteiger partial charge on any atom is 0.326 e. The number of amides is 4. The van der Waals surface area contributed by atoms with Gasteiger partial charge in [0.05, 0.1) is 6.04 Å². The van der Waals surface area contributed by atoms with Crippen molar-refractivity contribution in [3.8, 4) is 5.75 Å². The first-order valence-corrected chi connectivity index (χ1v) is 11.8. The van der Waals surface area contributed by atoms with E-state index in [9.17, 15) is 34.2 Å². The number of carbonyl (C=O) groups is 5. The Morgan fingerprint density at radius 2 is 1.39 bits per heavy atom. The van der Waals surface area contributed by atoms with E-state index in [1.807, 2.05) is 0 Å². The molecule has 0 saturated heterocycles. The van der Waals surface area contributed by atoms with E-state index >= 15 is 0 Å². The minimum Gasteiger partial charge on any atom is -0.508 e. The number of guanidine groups is 1. The van der Waals surface area contributed by atoms with Crippen LogP contribution in [0.2, 0.25) is 0 Å². The highest BCUT2D eigenvalue weighted by Crippen LogP contribution is 2.12. The number of carboxylic acids is 1. The molecule has 0 radical (unpaired) electrons. The summed E-state index contributed by atoms with van der Waals surface area (Å²) in [5.74, 6) is -4.46. The summed E-state index contributed by atoms with van der Waals surface area (Å²) >= 11 is 0. The maximum absolute atomic E-state index is 13.1. The van der Waals surface area contributed by atoms with Crippen LogP contribution in [-0.4, -0.2) is 76.5 Å². The van der Waals surface area contributed by atoms with E-state index in [1.54, 1.807) is 0 Å². The second-order valence-corrected chi connectivity index (χ2v) is 8.63. The number of phenols is 1. The average Bonchev–Trinajstić information content (AvgIpc) is 2.83. The van der Waals surface area contributed by atoms with Crippen molar-refractivity contribution in [1.82, 2.24) is 16.0 Å². The number of hydrogen-bond acceptors (Lipinski definition) is 8. The fourth-order valence-electron chi connectivity index (χ4n) is 3.24. The standard InChI is InChI=1S/C23H36N8O7/c1-12(24)19(34)29-16(8-9-18(25)33)21(36)30-15(3-2-10-28-23(26)27)20(35)31-17(22(37)38)11-13-4-6-14(32)7-5-13/h4-7,12,15-17,32H,2-3,8-11,24H2,1H3,(H2,25,33)(H,29,34)(H,30,36)(H,31,35)(H,37,38)(H4,26,27,28). The number of aliphatic carboxylic acids is 1. The van der Waals surface area contributed by atoms with Crippen LogP contribution in [0.1, 0.15) is 38.2 Å². The van der Waals surface area contributed by atoms with Crippen LogP contribution < -0.4 is 38.9 Å². The van der Waals surface area contributed by atoms with Crippen LogP contribution in [0.5, 0.6) is 5.75 Å². The predicted molar refractivity (Wildman–Crippen MR) is 137 cm³/mol. The Labute approximate surface area is 219 Å². The number of nitrogens with zero attached hydrogens (tertiary/aromatic N) is 1. The van der Waals surface area contributed by atoms with E-state index in [-0.39, 0.29) is 50.4 Å². The lowest BCUT2D eigenvalue weighted by atomic mass is 10.0. The first-order chi connectivity index (χ1) is 17.8. The third-order valence-corrected chi connectivity index (χ3v) is 5.29. The lowest BCUT2D eigenvalue weighted by Crippen LogP contribution is -2.57. The molecule has 0 aliphatic rings. The second kappa shape index (κ2) is 15.7. The molecule has 4 unspecified atom stereocenters. The van der Waals surface area contributed by atoms with Crippen LogP contribution >= 0.6 is 0 Å². The highest BCUT2D eigenvalue weighted by atomic mass is 16.4. The number of primary amides is 1. The Balaban J connectivity index is 3.08. The number of nitrogens with two attached hydrogens (primary N) is 4. The first-order valence-electron chi connectivity index (χ1n) is 11.8.